The third-order valence-corrected chi connectivity index (χ3v) is 2.00. The molecule has 0 saturated carbocycles. The zero-order chi connectivity index (χ0) is 11.2. The standard InChI is InChI=1S/C10H17NO3/c1-4-7-11-8(12)5-6-10(2,3)9(13)14/h4H,1,5-7H2,2-3H3,(H,11,12)(H,13,14). The molecule has 0 aromatic heterocycles. The van der Waals surface area contributed by atoms with E-state index < -0.39 is 11.4 Å². The van der Waals surface area contributed by atoms with E-state index in [9.17, 15) is 9.59 Å². The van der Waals surface area contributed by atoms with Gasteiger partial charge in [0.2, 0.25) is 5.91 Å². The monoisotopic (exact) mass is 199 g/mol. The zero-order valence-corrected chi connectivity index (χ0v) is 8.67. The van der Waals surface area contributed by atoms with E-state index in [1.165, 1.54) is 0 Å². The fourth-order valence-electron chi connectivity index (χ4n) is 0.807. The summed E-state index contributed by atoms with van der Waals surface area (Å²) in [4.78, 5) is 21.8. The normalized spacial score (nSPS) is 10.7. The number of hydrogen-bond donors (Lipinski definition) is 2. The minimum Gasteiger partial charge on any atom is -0.481 e. The summed E-state index contributed by atoms with van der Waals surface area (Å²) in [5, 5.41) is 11.4. The van der Waals surface area contributed by atoms with Crippen molar-refractivity contribution in [3.63, 3.8) is 0 Å². The molecule has 0 rings (SSSR count). The lowest BCUT2D eigenvalue weighted by Gasteiger charge is -2.17. The molecule has 0 aromatic carbocycles. The number of aliphatic carboxylic acids is 1. The third kappa shape index (κ3) is 4.64. The molecule has 0 atom stereocenters. The van der Waals surface area contributed by atoms with Gasteiger partial charge in [-0.15, -0.1) is 6.58 Å². The second-order valence-corrected chi connectivity index (χ2v) is 3.78. The van der Waals surface area contributed by atoms with Crippen LogP contribution in [0.4, 0.5) is 0 Å². The average molecular weight is 199 g/mol. The minimum atomic E-state index is -0.881. The fourth-order valence-corrected chi connectivity index (χ4v) is 0.807. The van der Waals surface area contributed by atoms with Crippen LogP contribution >= 0.6 is 0 Å². The van der Waals surface area contributed by atoms with E-state index in [0.717, 1.165) is 0 Å². The molecule has 0 heterocycles. The molecule has 0 radical (unpaired) electrons. The minimum absolute atomic E-state index is 0.140. The number of carboxylic acid groups (broad SMARTS) is 1. The van der Waals surface area contributed by atoms with Crippen molar-refractivity contribution in [2.45, 2.75) is 26.7 Å². The average Bonchev–Trinajstić information content (AvgIpc) is 2.11. The van der Waals surface area contributed by atoms with Gasteiger partial charge in [0.25, 0.3) is 0 Å². The molecule has 4 nitrogen and oxygen atoms in total. The topological polar surface area (TPSA) is 66.4 Å². The summed E-state index contributed by atoms with van der Waals surface area (Å²) < 4.78 is 0. The number of rotatable bonds is 6. The molecule has 0 aromatic rings. The van der Waals surface area contributed by atoms with Gasteiger partial charge in [0, 0.05) is 13.0 Å². The van der Waals surface area contributed by atoms with Crippen LogP contribution in [0.5, 0.6) is 0 Å². The molecule has 1 amide bonds. The number of nitrogens with one attached hydrogen (secondary N) is 1. The summed E-state index contributed by atoms with van der Waals surface area (Å²) in [6, 6.07) is 0. The van der Waals surface area contributed by atoms with Crippen molar-refractivity contribution < 1.29 is 14.7 Å². The molecule has 14 heavy (non-hydrogen) atoms. The zero-order valence-electron chi connectivity index (χ0n) is 8.67. The van der Waals surface area contributed by atoms with Crippen LogP contribution in [-0.2, 0) is 9.59 Å². The number of carboxylic acids is 1. The summed E-state index contributed by atoms with van der Waals surface area (Å²) in [6.07, 6.45) is 2.15. The highest BCUT2D eigenvalue weighted by Crippen LogP contribution is 2.21. The highest BCUT2D eigenvalue weighted by atomic mass is 16.4. The lowest BCUT2D eigenvalue weighted by Crippen LogP contribution is -2.28. The second-order valence-electron chi connectivity index (χ2n) is 3.78. The Morgan fingerprint density at radius 1 is 1.50 bits per heavy atom. The van der Waals surface area contributed by atoms with Crippen LogP contribution in [0.1, 0.15) is 26.7 Å². The molecule has 0 spiro atoms. The highest BCUT2D eigenvalue weighted by molar-refractivity contribution is 5.78. The first-order valence-electron chi connectivity index (χ1n) is 4.51. The van der Waals surface area contributed by atoms with Gasteiger partial charge in [-0.1, -0.05) is 6.08 Å². The van der Waals surface area contributed by atoms with Crippen LogP contribution in [0.2, 0.25) is 0 Å². The van der Waals surface area contributed by atoms with Gasteiger partial charge in [0.15, 0.2) is 0 Å². The van der Waals surface area contributed by atoms with Gasteiger partial charge in [-0.05, 0) is 20.3 Å². The van der Waals surface area contributed by atoms with Gasteiger partial charge >= 0.3 is 5.97 Å². The molecule has 80 valence electrons. The van der Waals surface area contributed by atoms with Gasteiger partial charge in [-0.2, -0.15) is 0 Å². The molecule has 0 aliphatic carbocycles. The number of carbonyl (C=O) groups excluding carboxylic acids is 1. The first-order valence-corrected chi connectivity index (χ1v) is 4.51. The number of amides is 1. The van der Waals surface area contributed by atoms with Gasteiger partial charge in [-0.3, -0.25) is 9.59 Å². The maximum absolute atomic E-state index is 11.1. The van der Waals surface area contributed by atoms with E-state index >= 15 is 0 Å². The van der Waals surface area contributed by atoms with Gasteiger partial charge in [0.05, 0.1) is 5.41 Å². The number of carbonyl (C=O) groups is 2. The molecule has 0 fully saturated rings. The van der Waals surface area contributed by atoms with E-state index in [2.05, 4.69) is 11.9 Å². The van der Waals surface area contributed by atoms with Gasteiger partial charge in [-0.25, -0.2) is 0 Å². The first kappa shape index (κ1) is 12.7. The van der Waals surface area contributed by atoms with Crippen molar-refractivity contribution in [1.82, 2.24) is 5.32 Å². The quantitative estimate of drug-likeness (QED) is 0.631. The summed E-state index contributed by atoms with van der Waals surface area (Å²) in [7, 11) is 0. The molecule has 0 bridgehead atoms. The van der Waals surface area contributed by atoms with E-state index in [1.807, 2.05) is 0 Å². The molecule has 0 aliphatic rings. The smallest absolute Gasteiger partial charge is 0.309 e. The maximum Gasteiger partial charge on any atom is 0.309 e. The van der Waals surface area contributed by atoms with Crippen molar-refractivity contribution in [3.8, 4) is 0 Å². The largest absolute Gasteiger partial charge is 0.481 e. The van der Waals surface area contributed by atoms with Crippen molar-refractivity contribution in [3.05, 3.63) is 12.7 Å². The summed E-state index contributed by atoms with van der Waals surface area (Å²) in [5.41, 5.74) is -0.842. The Bertz CT molecular complexity index is 234. The van der Waals surface area contributed by atoms with Crippen LogP contribution in [0.3, 0.4) is 0 Å². The van der Waals surface area contributed by atoms with Crippen LogP contribution in [0.25, 0.3) is 0 Å². The molecular weight excluding hydrogens is 182 g/mol. The summed E-state index contributed by atoms with van der Waals surface area (Å²) in [6.45, 7) is 7.10. The van der Waals surface area contributed by atoms with Gasteiger partial charge in [0.1, 0.15) is 0 Å². The van der Waals surface area contributed by atoms with E-state index in [-0.39, 0.29) is 12.3 Å². The second kappa shape index (κ2) is 5.42. The van der Waals surface area contributed by atoms with E-state index in [1.54, 1.807) is 19.9 Å². The summed E-state index contributed by atoms with van der Waals surface area (Å²) in [5.74, 6) is -1.02. The lowest BCUT2D eigenvalue weighted by molar-refractivity contribution is -0.147. The molecule has 0 saturated heterocycles. The SMILES string of the molecule is C=CCNC(=O)CCC(C)(C)C(=O)O. The first-order chi connectivity index (χ1) is 6.40. The lowest BCUT2D eigenvalue weighted by atomic mass is 9.88. The molecule has 4 heteroatoms. The Labute approximate surface area is 84.0 Å². The maximum atomic E-state index is 11.1. The van der Waals surface area contributed by atoms with E-state index in [0.29, 0.717) is 13.0 Å². The van der Waals surface area contributed by atoms with E-state index in [4.69, 9.17) is 5.11 Å². The molecular formula is C10H17NO3. The Kier molecular flexibility index (Phi) is 4.91. The Balaban J connectivity index is 3.87. The molecule has 0 unspecified atom stereocenters. The van der Waals surface area contributed by atoms with Crippen LogP contribution < -0.4 is 5.32 Å². The fraction of sp³-hybridized carbons (Fsp3) is 0.600. The van der Waals surface area contributed by atoms with Crippen LogP contribution in [-0.4, -0.2) is 23.5 Å². The Morgan fingerprint density at radius 3 is 2.50 bits per heavy atom. The highest BCUT2D eigenvalue weighted by Gasteiger charge is 2.27. The molecule has 0 aliphatic heterocycles. The van der Waals surface area contributed by atoms with Crippen molar-refractivity contribution in [2.75, 3.05) is 6.54 Å². The number of hydrogen-bond acceptors (Lipinski definition) is 2. The predicted molar refractivity (Wildman–Crippen MR) is 53.9 cm³/mol. The Hall–Kier alpha value is -1.32. The van der Waals surface area contributed by atoms with Crippen molar-refractivity contribution >= 4 is 11.9 Å². The van der Waals surface area contributed by atoms with Crippen molar-refractivity contribution in [1.29, 1.82) is 0 Å². The third-order valence-electron chi connectivity index (χ3n) is 2.00. The Morgan fingerprint density at radius 2 is 2.07 bits per heavy atom. The van der Waals surface area contributed by atoms with Crippen molar-refractivity contribution in [2.24, 2.45) is 5.41 Å². The summed E-state index contributed by atoms with van der Waals surface area (Å²) >= 11 is 0. The van der Waals surface area contributed by atoms with Crippen LogP contribution in [0, 0.1) is 5.41 Å². The molecule has 2 N–H and O–H groups in total. The van der Waals surface area contributed by atoms with Crippen LogP contribution in [0.15, 0.2) is 12.7 Å². The van der Waals surface area contributed by atoms with Gasteiger partial charge < -0.3 is 10.4 Å². The predicted octanol–water partition coefficient (Wildman–Crippen LogP) is 1.18.